The van der Waals surface area contributed by atoms with Crippen molar-refractivity contribution in [2.75, 3.05) is 11.1 Å². The molecule has 0 saturated carbocycles. The summed E-state index contributed by atoms with van der Waals surface area (Å²) in [4.78, 5) is 12.5. The average molecular weight is 472 g/mol. The fraction of sp³-hybridized carbons (Fsp3) is 0.174. The van der Waals surface area contributed by atoms with E-state index in [0.717, 1.165) is 12.1 Å². The van der Waals surface area contributed by atoms with Gasteiger partial charge in [0.15, 0.2) is 16.8 Å². The van der Waals surface area contributed by atoms with Gasteiger partial charge < -0.3 is 9.73 Å². The van der Waals surface area contributed by atoms with E-state index in [-0.39, 0.29) is 18.1 Å². The smallest absolute Gasteiger partial charge is 0.416 e. The highest BCUT2D eigenvalue weighted by Crippen LogP contribution is 2.31. The number of benzene rings is 2. The molecular formula is C23H19F3N4O2S. The molecule has 170 valence electrons. The van der Waals surface area contributed by atoms with Crippen molar-refractivity contribution in [3.63, 3.8) is 0 Å². The third-order valence-corrected chi connectivity index (χ3v) is 5.72. The zero-order valence-corrected chi connectivity index (χ0v) is 18.1. The summed E-state index contributed by atoms with van der Waals surface area (Å²) in [5.41, 5.74) is 0.180. The van der Waals surface area contributed by atoms with Gasteiger partial charge in [0, 0.05) is 11.3 Å². The highest BCUT2D eigenvalue weighted by atomic mass is 32.2. The van der Waals surface area contributed by atoms with Crippen LogP contribution < -0.4 is 5.32 Å². The van der Waals surface area contributed by atoms with E-state index in [9.17, 15) is 18.0 Å². The van der Waals surface area contributed by atoms with Crippen LogP contribution in [-0.2, 0) is 19.3 Å². The van der Waals surface area contributed by atoms with Gasteiger partial charge in [0.2, 0.25) is 0 Å². The van der Waals surface area contributed by atoms with Crippen LogP contribution in [0.2, 0.25) is 0 Å². The molecule has 0 spiro atoms. The summed E-state index contributed by atoms with van der Waals surface area (Å²) in [6.07, 6.45) is -2.88. The molecule has 0 atom stereocenters. The molecule has 0 amide bonds. The maximum atomic E-state index is 13.0. The zero-order valence-electron chi connectivity index (χ0n) is 17.2. The van der Waals surface area contributed by atoms with Gasteiger partial charge in [-0.15, -0.1) is 10.2 Å². The Balaban J connectivity index is 1.50. The number of furan rings is 1. The minimum absolute atomic E-state index is 0.0446. The molecule has 0 unspecified atom stereocenters. The quantitative estimate of drug-likeness (QED) is 0.255. The monoisotopic (exact) mass is 472 g/mol. The largest absolute Gasteiger partial charge is 0.467 e. The lowest BCUT2D eigenvalue weighted by atomic mass is 10.2. The molecule has 10 heteroatoms. The number of carbonyl (C=O) groups excluding carboxylic acids is 1. The van der Waals surface area contributed by atoms with Crippen LogP contribution in [0.15, 0.2) is 82.6 Å². The Morgan fingerprint density at radius 1 is 1.03 bits per heavy atom. The molecule has 0 aliphatic heterocycles. The van der Waals surface area contributed by atoms with E-state index >= 15 is 0 Å². The molecule has 0 fully saturated rings. The summed E-state index contributed by atoms with van der Waals surface area (Å²) in [5, 5.41) is 11.9. The number of hydrogen-bond acceptors (Lipinski definition) is 6. The van der Waals surface area contributed by atoms with Gasteiger partial charge in [-0.3, -0.25) is 9.36 Å². The number of Topliss-reactive ketones (excluding diaryl/α,β-unsaturated/α-hetero) is 1. The number of nitrogens with one attached hydrogen (secondary N) is 1. The van der Waals surface area contributed by atoms with E-state index in [2.05, 4.69) is 15.5 Å². The van der Waals surface area contributed by atoms with Gasteiger partial charge in [-0.2, -0.15) is 13.2 Å². The number of hydrogen-bond donors (Lipinski definition) is 1. The van der Waals surface area contributed by atoms with Gasteiger partial charge in [-0.25, -0.2) is 0 Å². The van der Waals surface area contributed by atoms with E-state index in [0.29, 0.717) is 34.5 Å². The molecule has 1 N–H and O–H groups in total. The third-order valence-electron chi connectivity index (χ3n) is 4.76. The summed E-state index contributed by atoms with van der Waals surface area (Å²) in [5.74, 6) is 1.28. The number of halogens is 3. The first-order chi connectivity index (χ1) is 15.9. The lowest BCUT2D eigenvalue weighted by molar-refractivity contribution is -0.137. The maximum Gasteiger partial charge on any atom is 0.416 e. The second-order valence-corrected chi connectivity index (χ2v) is 8.02. The number of thioether (sulfide) groups is 1. The van der Waals surface area contributed by atoms with E-state index in [4.69, 9.17) is 4.42 Å². The lowest BCUT2D eigenvalue weighted by Crippen LogP contribution is -2.12. The third kappa shape index (κ3) is 5.83. The van der Waals surface area contributed by atoms with Crippen LogP contribution in [0.3, 0.4) is 0 Å². The Morgan fingerprint density at radius 3 is 2.58 bits per heavy atom. The molecule has 0 bridgehead atoms. The van der Waals surface area contributed by atoms with Gasteiger partial charge in [-0.05, 0) is 30.3 Å². The van der Waals surface area contributed by atoms with Gasteiger partial charge >= 0.3 is 6.18 Å². The van der Waals surface area contributed by atoms with Crippen molar-refractivity contribution < 1.29 is 22.4 Å². The predicted octanol–water partition coefficient (Wildman–Crippen LogP) is 5.53. The Kier molecular flexibility index (Phi) is 6.83. The Hall–Kier alpha value is -3.53. The number of nitrogens with zero attached hydrogens (tertiary/aromatic N) is 3. The second-order valence-electron chi connectivity index (χ2n) is 7.07. The standard InChI is InChI=1S/C23H19F3N4O2S/c24-23(25,26)17-8-4-9-18(12-17)27-13-21-28-29-22(30(21)14-19-10-5-11-32-19)33-15-20(31)16-6-2-1-3-7-16/h1-12,27H,13-15H2. The molecule has 6 nitrogen and oxygen atoms in total. The molecule has 0 radical (unpaired) electrons. The van der Waals surface area contributed by atoms with Crippen molar-refractivity contribution in [2.24, 2.45) is 0 Å². The number of anilines is 1. The molecule has 0 aliphatic rings. The van der Waals surface area contributed by atoms with Gasteiger partial charge in [0.25, 0.3) is 0 Å². The minimum atomic E-state index is -4.42. The Morgan fingerprint density at radius 2 is 1.85 bits per heavy atom. The second kappa shape index (κ2) is 9.95. The number of alkyl halides is 3. The first kappa shape index (κ1) is 22.7. The van der Waals surface area contributed by atoms with Crippen molar-refractivity contribution in [1.82, 2.24) is 14.8 Å². The predicted molar refractivity (Wildman–Crippen MR) is 118 cm³/mol. The summed E-state index contributed by atoms with van der Waals surface area (Å²) in [7, 11) is 0. The van der Waals surface area contributed by atoms with Crippen molar-refractivity contribution in [3.05, 3.63) is 95.7 Å². The lowest BCUT2D eigenvalue weighted by Gasteiger charge is -2.12. The van der Waals surface area contributed by atoms with Crippen LogP contribution in [0.4, 0.5) is 18.9 Å². The highest BCUT2D eigenvalue weighted by Gasteiger charge is 2.30. The molecule has 0 aliphatic carbocycles. The van der Waals surface area contributed by atoms with Crippen LogP contribution >= 0.6 is 11.8 Å². The molecule has 4 aromatic rings. The van der Waals surface area contributed by atoms with Crippen LogP contribution in [0, 0.1) is 0 Å². The molecule has 33 heavy (non-hydrogen) atoms. The Bertz CT molecular complexity index is 1210. The van der Waals surface area contributed by atoms with Crippen LogP contribution in [0.5, 0.6) is 0 Å². The fourth-order valence-corrected chi connectivity index (χ4v) is 3.95. The van der Waals surface area contributed by atoms with Crippen molar-refractivity contribution in [3.8, 4) is 0 Å². The number of carbonyl (C=O) groups is 1. The SMILES string of the molecule is O=C(CSc1nnc(CNc2cccc(C(F)(F)F)c2)n1Cc1ccco1)c1ccccc1. The molecule has 4 rings (SSSR count). The summed E-state index contributed by atoms with van der Waals surface area (Å²) < 4.78 is 46.2. The van der Waals surface area contributed by atoms with Gasteiger partial charge in [0.05, 0.1) is 30.7 Å². The Labute approximate surface area is 191 Å². The minimum Gasteiger partial charge on any atom is -0.467 e. The normalized spacial score (nSPS) is 11.5. The van der Waals surface area contributed by atoms with Gasteiger partial charge in [-0.1, -0.05) is 48.2 Å². The molecule has 0 saturated heterocycles. The molecular weight excluding hydrogens is 453 g/mol. The van der Waals surface area contributed by atoms with Crippen LogP contribution in [-0.4, -0.2) is 26.3 Å². The maximum absolute atomic E-state index is 13.0. The van der Waals surface area contributed by atoms with E-state index in [1.807, 2.05) is 6.07 Å². The summed E-state index contributed by atoms with van der Waals surface area (Å²) in [6.45, 7) is 0.462. The van der Waals surface area contributed by atoms with E-state index in [1.54, 1.807) is 53.3 Å². The summed E-state index contributed by atoms with van der Waals surface area (Å²) in [6, 6.07) is 17.5. The number of aromatic nitrogens is 3. The van der Waals surface area contributed by atoms with Crippen molar-refractivity contribution in [1.29, 1.82) is 0 Å². The number of rotatable bonds is 9. The fourth-order valence-electron chi connectivity index (χ4n) is 3.10. The zero-order chi connectivity index (χ0) is 23.3. The molecule has 2 heterocycles. The van der Waals surface area contributed by atoms with E-state index in [1.165, 1.54) is 17.8 Å². The van der Waals surface area contributed by atoms with Crippen LogP contribution in [0.1, 0.15) is 27.5 Å². The topological polar surface area (TPSA) is 73.0 Å². The molecule has 2 aromatic carbocycles. The van der Waals surface area contributed by atoms with Crippen molar-refractivity contribution >= 4 is 23.2 Å². The van der Waals surface area contributed by atoms with Gasteiger partial charge in [0.1, 0.15) is 5.76 Å². The average Bonchev–Trinajstić information content (AvgIpc) is 3.47. The summed E-state index contributed by atoms with van der Waals surface area (Å²) >= 11 is 1.24. The number of ketones is 1. The molecule has 2 aromatic heterocycles. The first-order valence-corrected chi connectivity index (χ1v) is 11.0. The van der Waals surface area contributed by atoms with Crippen molar-refractivity contribution in [2.45, 2.75) is 24.4 Å². The van der Waals surface area contributed by atoms with Crippen LogP contribution in [0.25, 0.3) is 0 Å². The highest BCUT2D eigenvalue weighted by molar-refractivity contribution is 7.99. The first-order valence-electron chi connectivity index (χ1n) is 9.97. The van der Waals surface area contributed by atoms with E-state index < -0.39 is 11.7 Å².